The van der Waals surface area contributed by atoms with Crippen LogP contribution in [0.5, 0.6) is 5.75 Å². The van der Waals surface area contributed by atoms with Crippen LogP contribution in [0.15, 0.2) is 112 Å². The summed E-state index contributed by atoms with van der Waals surface area (Å²) in [5.41, 5.74) is 1.27. The van der Waals surface area contributed by atoms with Crippen molar-refractivity contribution in [2.45, 2.75) is 57.1 Å². The van der Waals surface area contributed by atoms with Crippen LogP contribution in [0.2, 0.25) is 5.02 Å². The number of amides is 2. The molecular formula is C36H39BrClN3O5S. The lowest BCUT2D eigenvalue weighted by Gasteiger charge is -2.35. The lowest BCUT2D eigenvalue weighted by atomic mass is 10.0. The molecular weight excluding hydrogens is 702 g/mol. The first-order valence-corrected chi connectivity index (χ1v) is 17.8. The molecule has 1 N–H and O–H groups in total. The number of ether oxygens (including phenoxy) is 1. The third-order valence-electron chi connectivity index (χ3n) is 7.15. The van der Waals surface area contributed by atoms with E-state index in [9.17, 15) is 18.0 Å². The molecule has 2 amide bonds. The van der Waals surface area contributed by atoms with Gasteiger partial charge in [-0.2, -0.15) is 0 Å². The topological polar surface area (TPSA) is 96.0 Å². The summed E-state index contributed by atoms with van der Waals surface area (Å²) in [6, 6.07) is 28.2. The minimum absolute atomic E-state index is 0.0120. The highest BCUT2D eigenvalue weighted by atomic mass is 79.9. The molecule has 47 heavy (non-hydrogen) atoms. The van der Waals surface area contributed by atoms with Gasteiger partial charge in [0.25, 0.3) is 10.0 Å². The Morgan fingerprint density at radius 3 is 2.06 bits per heavy atom. The van der Waals surface area contributed by atoms with Crippen LogP contribution >= 0.6 is 27.5 Å². The number of hydrogen-bond donors (Lipinski definition) is 1. The number of benzene rings is 4. The van der Waals surface area contributed by atoms with Crippen molar-refractivity contribution in [2.24, 2.45) is 0 Å². The monoisotopic (exact) mass is 739 g/mol. The molecule has 1 unspecified atom stereocenters. The predicted molar refractivity (Wildman–Crippen MR) is 190 cm³/mol. The van der Waals surface area contributed by atoms with E-state index in [-0.39, 0.29) is 29.5 Å². The highest BCUT2D eigenvalue weighted by Gasteiger charge is 2.35. The zero-order valence-corrected chi connectivity index (χ0v) is 30.0. The molecule has 0 saturated heterocycles. The lowest BCUT2D eigenvalue weighted by Crippen LogP contribution is -2.56. The maximum Gasteiger partial charge on any atom is 0.264 e. The van der Waals surface area contributed by atoms with Crippen LogP contribution < -0.4 is 14.4 Å². The van der Waals surface area contributed by atoms with Crippen LogP contribution in [0.4, 0.5) is 5.69 Å². The van der Waals surface area contributed by atoms with Crippen molar-refractivity contribution < 1.29 is 22.7 Å². The van der Waals surface area contributed by atoms with E-state index >= 15 is 0 Å². The van der Waals surface area contributed by atoms with Crippen molar-refractivity contribution in [2.75, 3.05) is 17.5 Å². The van der Waals surface area contributed by atoms with E-state index in [4.69, 9.17) is 16.3 Å². The van der Waals surface area contributed by atoms with Crippen LogP contribution in [-0.4, -0.2) is 49.9 Å². The predicted octanol–water partition coefficient (Wildman–Crippen LogP) is 7.25. The third kappa shape index (κ3) is 10.1. The van der Waals surface area contributed by atoms with Crippen LogP contribution in [-0.2, 0) is 32.6 Å². The zero-order chi connectivity index (χ0) is 34.2. The lowest BCUT2D eigenvalue weighted by molar-refractivity contribution is -0.140. The SMILES string of the molecule is CCOc1ccc(N(CC(=O)N(Cc2ccc(Cl)cc2)C(Cc2ccccc2)C(=O)NC(C)(C)C)S(=O)(=O)c2ccc(Br)cc2)cc1. The quantitative estimate of drug-likeness (QED) is 0.156. The van der Waals surface area contributed by atoms with Gasteiger partial charge in [0.2, 0.25) is 11.8 Å². The summed E-state index contributed by atoms with van der Waals surface area (Å²) in [5.74, 6) is -0.346. The molecule has 0 aromatic heterocycles. The van der Waals surface area contributed by atoms with Gasteiger partial charge in [-0.25, -0.2) is 8.42 Å². The summed E-state index contributed by atoms with van der Waals surface area (Å²) in [6.07, 6.45) is 0.213. The van der Waals surface area contributed by atoms with E-state index in [1.807, 2.05) is 58.0 Å². The minimum Gasteiger partial charge on any atom is -0.494 e. The van der Waals surface area contributed by atoms with E-state index in [2.05, 4.69) is 21.2 Å². The second-order valence-corrected chi connectivity index (χ2v) is 15.2. The molecule has 0 aliphatic carbocycles. The Balaban J connectivity index is 1.81. The maximum absolute atomic E-state index is 14.6. The molecule has 1 atom stereocenters. The van der Waals surface area contributed by atoms with Gasteiger partial charge in [-0.3, -0.25) is 13.9 Å². The molecule has 4 rings (SSSR count). The molecule has 0 heterocycles. The highest BCUT2D eigenvalue weighted by molar-refractivity contribution is 9.10. The van der Waals surface area contributed by atoms with E-state index < -0.39 is 34.1 Å². The number of nitrogens with one attached hydrogen (secondary N) is 1. The summed E-state index contributed by atoms with van der Waals surface area (Å²) >= 11 is 9.52. The van der Waals surface area contributed by atoms with Gasteiger partial charge in [-0.1, -0.05) is 70.0 Å². The fourth-order valence-corrected chi connectivity index (χ4v) is 6.74. The van der Waals surface area contributed by atoms with Gasteiger partial charge in [-0.05, 0) is 99.5 Å². The Labute approximate surface area is 290 Å². The number of anilines is 1. The molecule has 0 aliphatic heterocycles. The first kappa shape index (κ1) is 36.0. The standard InChI is InChI=1S/C36H39BrClN3O5S/c1-5-46-31-19-17-30(18-20-31)41(47(44,45)32-21-13-28(37)14-22-32)25-34(42)40(24-27-11-15-29(38)16-12-27)33(35(43)39-36(2,3)4)23-26-9-7-6-8-10-26/h6-22,33H,5,23-25H2,1-4H3,(H,39,43). The van der Waals surface area contributed by atoms with E-state index in [0.29, 0.717) is 21.9 Å². The average molecular weight is 741 g/mol. The minimum atomic E-state index is -4.23. The molecule has 8 nitrogen and oxygen atoms in total. The van der Waals surface area contributed by atoms with Crippen molar-refractivity contribution in [1.29, 1.82) is 0 Å². The molecule has 4 aromatic carbocycles. The summed E-state index contributed by atoms with van der Waals surface area (Å²) in [5, 5.41) is 3.56. The van der Waals surface area contributed by atoms with E-state index in [1.54, 1.807) is 60.7 Å². The van der Waals surface area contributed by atoms with Crippen molar-refractivity contribution in [3.05, 3.63) is 124 Å². The molecule has 0 fully saturated rings. The van der Waals surface area contributed by atoms with Gasteiger partial charge in [0.05, 0.1) is 17.2 Å². The number of carbonyl (C=O) groups excluding carboxylic acids is 2. The molecule has 4 aromatic rings. The Hall–Kier alpha value is -3.86. The first-order chi connectivity index (χ1) is 22.3. The van der Waals surface area contributed by atoms with Crippen molar-refractivity contribution in [3.63, 3.8) is 0 Å². The second-order valence-electron chi connectivity index (χ2n) is 12.0. The van der Waals surface area contributed by atoms with Crippen molar-refractivity contribution in [3.8, 4) is 5.75 Å². The van der Waals surface area contributed by atoms with Crippen LogP contribution in [0, 0.1) is 0 Å². The Kier molecular flexibility index (Phi) is 12.1. The average Bonchev–Trinajstić information content (AvgIpc) is 3.03. The highest BCUT2D eigenvalue weighted by Crippen LogP contribution is 2.28. The number of rotatable bonds is 13. The van der Waals surface area contributed by atoms with Gasteiger partial charge in [0, 0.05) is 28.0 Å². The molecule has 0 saturated carbocycles. The second kappa shape index (κ2) is 15.8. The zero-order valence-electron chi connectivity index (χ0n) is 26.8. The number of hydrogen-bond acceptors (Lipinski definition) is 5. The van der Waals surface area contributed by atoms with Gasteiger partial charge in [-0.15, -0.1) is 0 Å². The number of carbonyl (C=O) groups is 2. The fraction of sp³-hybridized carbons (Fsp3) is 0.278. The Morgan fingerprint density at radius 2 is 1.49 bits per heavy atom. The summed E-state index contributed by atoms with van der Waals surface area (Å²) in [7, 11) is -4.23. The third-order valence-corrected chi connectivity index (χ3v) is 9.72. The Bertz CT molecular complexity index is 1750. The van der Waals surface area contributed by atoms with Gasteiger partial charge in [0.15, 0.2) is 0 Å². The van der Waals surface area contributed by atoms with E-state index in [0.717, 1.165) is 15.4 Å². The van der Waals surface area contributed by atoms with Crippen LogP contribution in [0.1, 0.15) is 38.8 Å². The fourth-order valence-electron chi connectivity index (χ4n) is 4.93. The molecule has 0 radical (unpaired) electrons. The number of sulfonamides is 1. The number of nitrogens with zero attached hydrogens (tertiary/aromatic N) is 2. The maximum atomic E-state index is 14.6. The van der Waals surface area contributed by atoms with Gasteiger partial charge in [0.1, 0.15) is 18.3 Å². The van der Waals surface area contributed by atoms with Crippen LogP contribution in [0.25, 0.3) is 0 Å². The molecule has 248 valence electrons. The molecule has 0 spiro atoms. The summed E-state index contributed by atoms with van der Waals surface area (Å²) < 4.78 is 35.8. The smallest absolute Gasteiger partial charge is 0.264 e. The first-order valence-electron chi connectivity index (χ1n) is 15.2. The van der Waals surface area contributed by atoms with Gasteiger partial charge >= 0.3 is 0 Å². The summed E-state index contributed by atoms with van der Waals surface area (Å²) in [6.45, 7) is 7.39. The van der Waals surface area contributed by atoms with Crippen molar-refractivity contribution >= 4 is 55.1 Å². The van der Waals surface area contributed by atoms with Gasteiger partial charge < -0.3 is 15.0 Å². The van der Waals surface area contributed by atoms with Crippen LogP contribution in [0.3, 0.4) is 0 Å². The normalized spacial score (nSPS) is 12.2. The van der Waals surface area contributed by atoms with Crippen molar-refractivity contribution in [1.82, 2.24) is 10.2 Å². The number of halogens is 2. The summed E-state index contributed by atoms with van der Waals surface area (Å²) in [4.78, 5) is 30.0. The molecule has 0 bridgehead atoms. The van der Waals surface area contributed by atoms with E-state index in [1.165, 1.54) is 17.0 Å². The molecule has 11 heteroatoms. The molecule has 0 aliphatic rings. The Morgan fingerprint density at radius 1 is 0.872 bits per heavy atom. The largest absolute Gasteiger partial charge is 0.494 e.